The predicted molar refractivity (Wildman–Crippen MR) is 53.5 cm³/mol. The SMILES string of the molecule is C=CC(=O)NCc1cccc(C(F)(F)F)c1. The summed E-state index contributed by atoms with van der Waals surface area (Å²) in [6.07, 6.45) is -3.30. The molecule has 0 saturated carbocycles. The number of amides is 1. The van der Waals surface area contributed by atoms with Crippen LogP contribution >= 0.6 is 0 Å². The average molecular weight is 229 g/mol. The molecule has 0 fully saturated rings. The Bertz CT molecular complexity index is 398. The number of carbonyl (C=O) groups is 1. The van der Waals surface area contributed by atoms with Gasteiger partial charge >= 0.3 is 6.18 Å². The van der Waals surface area contributed by atoms with Gasteiger partial charge in [-0.05, 0) is 23.8 Å². The highest BCUT2D eigenvalue weighted by molar-refractivity contribution is 5.86. The second kappa shape index (κ2) is 4.83. The minimum absolute atomic E-state index is 0.0504. The molecule has 0 radical (unpaired) electrons. The highest BCUT2D eigenvalue weighted by atomic mass is 19.4. The molecule has 1 amide bonds. The van der Waals surface area contributed by atoms with Crippen LogP contribution in [0.25, 0.3) is 0 Å². The van der Waals surface area contributed by atoms with Gasteiger partial charge in [0, 0.05) is 6.54 Å². The van der Waals surface area contributed by atoms with E-state index in [1.165, 1.54) is 12.1 Å². The van der Waals surface area contributed by atoms with Gasteiger partial charge in [-0.2, -0.15) is 13.2 Å². The van der Waals surface area contributed by atoms with E-state index in [-0.39, 0.29) is 6.54 Å². The minimum Gasteiger partial charge on any atom is -0.348 e. The van der Waals surface area contributed by atoms with Gasteiger partial charge < -0.3 is 5.32 Å². The van der Waals surface area contributed by atoms with Crippen LogP contribution in [-0.2, 0) is 17.5 Å². The molecule has 0 aromatic heterocycles. The fourth-order valence-electron chi connectivity index (χ4n) is 1.12. The normalized spacial score (nSPS) is 10.9. The summed E-state index contributed by atoms with van der Waals surface area (Å²) >= 11 is 0. The number of hydrogen-bond donors (Lipinski definition) is 1. The van der Waals surface area contributed by atoms with Crippen molar-refractivity contribution in [2.45, 2.75) is 12.7 Å². The van der Waals surface area contributed by atoms with Crippen molar-refractivity contribution in [3.63, 3.8) is 0 Å². The van der Waals surface area contributed by atoms with E-state index in [2.05, 4.69) is 11.9 Å². The number of hydrogen-bond acceptors (Lipinski definition) is 1. The maximum Gasteiger partial charge on any atom is 0.416 e. The van der Waals surface area contributed by atoms with Gasteiger partial charge in [0.1, 0.15) is 0 Å². The molecule has 0 aliphatic carbocycles. The van der Waals surface area contributed by atoms with E-state index in [9.17, 15) is 18.0 Å². The molecule has 0 bridgehead atoms. The summed E-state index contributed by atoms with van der Waals surface area (Å²) in [5, 5.41) is 2.40. The summed E-state index contributed by atoms with van der Waals surface area (Å²) in [6.45, 7) is 3.29. The fourth-order valence-corrected chi connectivity index (χ4v) is 1.12. The van der Waals surface area contributed by atoms with E-state index in [0.717, 1.165) is 18.2 Å². The molecular weight excluding hydrogens is 219 g/mol. The zero-order chi connectivity index (χ0) is 12.2. The Hall–Kier alpha value is -1.78. The summed E-state index contributed by atoms with van der Waals surface area (Å²) < 4.78 is 37.0. The van der Waals surface area contributed by atoms with E-state index < -0.39 is 17.6 Å². The van der Waals surface area contributed by atoms with Crippen LogP contribution in [0.5, 0.6) is 0 Å². The maximum absolute atomic E-state index is 12.3. The van der Waals surface area contributed by atoms with Gasteiger partial charge in [-0.1, -0.05) is 18.7 Å². The lowest BCUT2D eigenvalue weighted by molar-refractivity contribution is -0.137. The molecule has 0 saturated heterocycles. The lowest BCUT2D eigenvalue weighted by atomic mass is 10.1. The summed E-state index contributed by atoms with van der Waals surface area (Å²) in [4.78, 5) is 10.8. The first-order chi connectivity index (χ1) is 7.43. The van der Waals surface area contributed by atoms with Crippen molar-refractivity contribution in [3.8, 4) is 0 Å². The molecule has 0 unspecified atom stereocenters. The molecule has 1 N–H and O–H groups in total. The number of halogens is 3. The first-order valence-corrected chi connectivity index (χ1v) is 4.50. The largest absolute Gasteiger partial charge is 0.416 e. The highest BCUT2D eigenvalue weighted by Crippen LogP contribution is 2.29. The van der Waals surface area contributed by atoms with Gasteiger partial charge in [-0.3, -0.25) is 4.79 Å². The van der Waals surface area contributed by atoms with Crippen LogP contribution in [0, 0.1) is 0 Å². The molecule has 0 aliphatic rings. The molecule has 86 valence electrons. The van der Waals surface area contributed by atoms with Crippen LogP contribution < -0.4 is 5.32 Å². The third kappa shape index (κ3) is 3.42. The molecule has 0 heterocycles. The Labute approximate surface area is 90.8 Å². The van der Waals surface area contributed by atoms with E-state index >= 15 is 0 Å². The lowest BCUT2D eigenvalue weighted by Crippen LogP contribution is -2.20. The number of carbonyl (C=O) groups excluding carboxylic acids is 1. The molecule has 0 aliphatic heterocycles. The van der Waals surface area contributed by atoms with Crippen LogP contribution in [0.3, 0.4) is 0 Å². The minimum atomic E-state index is -4.36. The standard InChI is InChI=1S/C11H10F3NO/c1-2-10(16)15-7-8-4-3-5-9(6-8)11(12,13)14/h2-6H,1,7H2,(H,15,16). The molecule has 0 atom stereocenters. The molecule has 5 heteroatoms. The van der Waals surface area contributed by atoms with E-state index in [1.807, 2.05) is 0 Å². The molecule has 1 rings (SSSR count). The van der Waals surface area contributed by atoms with Crippen molar-refractivity contribution < 1.29 is 18.0 Å². The quantitative estimate of drug-likeness (QED) is 0.793. The van der Waals surface area contributed by atoms with Crippen molar-refractivity contribution >= 4 is 5.91 Å². The van der Waals surface area contributed by atoms with Crippen LogP contribution in [0.15, 0.2) is 36.9 Å². The second-order valence-electron chi connectivity index (χ2n) is 3.12. The molecule has 2 nitrogen and oxygen atoms in total. The fraction of sp³-hybridized carbons (Fsp3) is 0.182. The topological polar surface area (TPSA) is 29.1 Å². The maximum atomic E-state index is 12.3. The van der Waals surface area contributed by atoms with Crippen LogP contribution in [0.1, 0.15) is 11.1 Å². The Balaban J connectivity index is 2.75. The van der Waals surface area contributed by atoms with Crippen LogP contribution in [0.2, 0.25) is 0 Å². The molecular formula is C11H10F3NO. The second-order valence-corrected chi connectivity index (χ2v) is 3.12. The van der Waals surface area contributed by atoms with Crippen molar-refractivity contribution in [3.05, 3.63) is 48.0 Å². The van der Waals surface area contributed by atoms with E-state index in [0.29, 0.717) is 5.56 Å². The Morgan fingerprint density at radius 3 is 2.69 bits per heavy atom. The average Bonchev–Trinajstić information content (AvgIpc) is 2.25. The first kappa shape index (κ1) is 12.3. The predicted octanol–water partition coefficient (Wildman–Crippen LogP) is 2.51. The van der Waals surface area contributed by atoms with Crippen molar-refractivity contribution in [2.75, 3.05) is 0 Å². The van der Waals surface area contributed by atoms with Crippen molar-refractivity contribution in [1.29, 1.82) is 0 Å². The van der Waals surface area contributed by atoms with Crippen LogP contribution in [0.4, 0.5) is 13.2 Å². The van der Waals surface area contributed by atoms with E-state index in [4.69, 9.17) is 0 Å². The first-order valence-electron chi connectivity index (χ1n) is 4.50. The number of alkyl halides is 3. The highest BCUT2D eigenvalue weighted by Gasteiger charge is 2.30. The Morgan fingerprint density at radius 1 is 1.44 bits per heavy atom. The van der Waals surface area contributed by atoms with Crippen LogP contribution in [-0.4, -0.2) is 5.91 Å². The number of benzene rings is 1. The van der Waals surface area contributed by atoms with E-state index in [1.54, 1.807) is 0 Å². The molecule has 0 spiro atoms. The van der Waals surface area contributed by atoms with Gasteiger partial charge in [0.25, 0.3) is 0 Å². The number of rotatable bonds is 3. The van der Waals surface area contributed by atoms with Gasteiger partial charge in [0.15, 0.2) is 0 Å². The van der Waals surface area contributed by atoms with Gasteiger partial charge in [0.05, 0.1) is 5.56 Å². The molecule has 16 heavy (non-hydrogen) atoms. The monoisotopic (exact) mass is 229 g/mol. The zero-order valence-corrected chi connectivity index (χ0v) is 8.34. The van der Waals surface area contributed by atoms with Gasteiger partial charge in [0.2, 0.25) is 5.91 Å². The summed E-state index contributed by atoms with van der Waals surface area (Å²) in [7, 11) is 0. The summed E-state index contributed by atoms with van der Waals surface area (Å²) in [5.41, 5.74) is -0.331. The number of nitrogens with one attached hydrogen (secondary N) is 1. The summed E-state index contributed by atoms with van der Waals surface area (Å²) in [5.74, 6) is -0.419. The summed E-state index contributed by atoms with van der Waals surface area (Å²) in [6, 6.07) is 4.80. The van der Waals surface area contributed by atoms with Crippen molar-refractivity contribution in [2.24, 2.45) is 0 Å². The Morgan fingerprint density at radius 2 is 2.12 bits per heavy atom. The third-order valence-electron chi connectivity index (χ3n) is 1.91. The lowest BCUT2D eigenvalue weighted by Gasteiger charge is -2.08. The molecule has 1 aromatic rings. The third-order valence-corrected chi connectivity index (χ3v) is 1.91. The van der Waals surface area contributed by atoms with Gasteiger partial charge in [-0.15, -0.1) is 0 Å². The Kier molecular flexibility index (Phi) is 3.71. The van der Waals surface area contributed by atoms with Gasteiger partial charge in [-0.25, -0.2) is 0 Å². The smallest absolute Gasteiger partial charge is 0.348 e. The zero-order valence-electron chi connectivity index (χ0n) is 8.34. The van der Waals surface area contributed by atoms with Crippen molar-refractivity contribution in [1.82, 2.24) is 5.32 Å². The molecule has 1 aromatic carbocycles.